The largest absolute Gasteiger partial charge is 0.497 e. The zero-order valence-corrected chi connectivity index (χ0v) is 21.6. The summed E-state index contributed by atoms with van der Waals surface area (Å²) in [5.74, 6) is 0.398. The van der Waals surface area contributed by atoms with Gasteiger partial charge in [0.2, 0.25) is 0 Å². The summed E-state index contributed by atoms with van der Waals surface area (Å²) in [6, 6.07) is 20.0. The van der Waals surface area contributed by atoms with Crippen molar-refractivity contribution in [2.24, 2.45) is 5.41 Å². The monoisotopic (exact) mass is 511 g/mol. The summed E-state index contributed by atoms with van der Waals surface area (Å²) >= 11 is 0. The number of nitrogens with zero attached hydrogens (tertiary/aromatic N) is 4. The molecule has 0 unspecified atom stereocenters. The number of hydroxylamine groups is 1. The van der Waals surface area contributed by atoms with Gasteiger partial charge in [0.25, 0.3) is 5.91 Å². The minimum absolute atomic E-state index is 0.423. The summed E-state index contributed by atoms with van der Waals surface area (Å²) < 4.78 is 7.42. The lowest BCUT2D eigenvalue weighted by molar-refractivity contribution is -0.0239. The number of ether oxygens (including phenoxy) is 1. The predicted molar refractivity (Wildman–Crippen MR) is 147 cm³/mol. The number of piperidine rings is 1. The van der Waals surface area contributed by atoms with Crippen molar-refractivity contribution in [2.75, 3.05) is 38.2 Å². The van der Waals surface area contributed by atoms with Crippen molar-refractivity contribution in [2.45, 2.75) is 25.9 Å². The molecule has 2 saturated heterocycles. The summed E-state index contributed by atoms with van der Waals surface area (Å²) in [6.07, 6.45) is 6.42. The third kappa shape index (κ3) is 4.73. The number of anilines is 1. The standard InChI is InChI=1S/C30H33N5O3/c1-38-25-8-4-22(5-9-25)18-33-20-30(21-33)12-16-34(17-13-30)27-10-14-31-28-26(27)11-15-35(28)19-23-2-6-24(7-3-23)29(36)32-37/h2-11,14-15,37H,12-13,16-21H2,1H3,(H,32,36). The van der Waals surface area contributed by atoms with Crippen LogP contribution in [0.15, 0.2) is 73.1 Å². The number of methoxy groups -OCH3 is 1. The van der Waals surface area contributed by atoms with Gasteiger partial charge in [0, 0.05) is 68.3 Å². The van der Waals surface area contributed by atoms with E-state index in [9.17, 15) is 4.79 Å². The van der Waals surface area contributed by atoms with E-state index in [2.05, 4.69) is 44.8 Å². The second-order valence-corrected chi connectivity index (χ2v) is 10.6. The molecule has 0 saturated carbocycles. The maximum Gasteiger partial charge on any atom is 0.274 e. The molecule has 2 N–H and O–H groups in total. The van der Waals surface area contributed by atoms with Crippen LogP contribution in [-0.2, 0) is 13.1 Å². The molecule has 38 heavy (non-hydrogen) atoms. The number of rotatable bonds is 7. The van der Waals surface area contributed by atoms with Gasteiger partial charge in [-0.1, -0.05) is 24.3 Å². The number of carbonyl (C=O) groups excluding carboxylic acids is 1. The van der Waals surface area contributed by atoms with Crippen molar-refractivity contribution < 1.29 is 14.7 Å². The van der Waals surface area contributed by atoms with Crippen LogP contribution in [0.5, 0.6) is 5.75 Å². The Hall–Kier alpha value is -3.88. The van der Waals surface area contributed by atoms with Gasteiger partial charge in [-0.15, -0.1) is 0 Å². The van der Waals surface area contributed by atoms with Crippen molar-refractivity contribution in [3.05, 3.63) is 89.7 Å². The fourth-order valence-corrected chi connectivity index (χ4v) is 6.04. The first kappa shape index (κ1) is 24.5. The summed E-state index contributed by atoms with van der Waals surface area (Å²) in [5.41, 5.74) is 7.17. The molecule has 2 aliphatic heterocycles. The van der Waals surface area contributed by atoms with Crippen LogP contribution in [0.2, 0.25) is 0 Å². The van der Waals surface area contributed by atoms with Gasteiger partial charge < -0.3 is 14.2 Å². The van der Waals surface area contributed by atoms with E-state index in [0.29, 0.717) is 17.5 Å². The number of hydrogen-bond donors (Lipinski definition) is 2. The highest BCUT2D eigenvalue weighted by Crippen LogP contribution is 2.42. The van der Waals surface area contributed by atoms with Gasteiger partial charge in [0.15, 0.2) is 0 Å². The molecule has 0 radical (unpaired) electrons. The number of carbonyl (C=O) groups is 1. The van der Waals surface area contributed by atoms with Crippen LogP contribution >= 0.6 is 0 Å². The molecule has 196 valence electrons. The zero-order valence-electron chi connectivity index (χ0n) is 21.6. The lowest BCUT2D eigenvalue weighted by Crippen LogP contribution is -2.59. The van der Waals surface area contributed by atoms with E-state index in [4.69, 9.17) is 14.9 Å². The van der Waals surface area contributed by atoms with Gasteiger partial charge in [-0.05, 0) is 65.8 Å². The van der Waals surface area contributed by atoms with E-state index < -0.39 is 5.91 Å². The number of fused-ring (bicyclic) bond motifs is 1. The van der Waals surface area contributed by atoms with Crippen LogP contribution in [0.3, 0.4) is 0 Å². The molecular weight excluding hydrogens is 478 g/mol. The van der Waals surface area contributed by atoms with Crippen molar-refractivity contribution in [1.29, 1.82) is 0 Å². The Labute approximate surface area is 222 Å². The van der Waals surface area contributed by atoms with Crippen LogP contribution < -0.4 is 15.1 Å². The minimum atomic E-state index is -0.510. The Bertz CT molecular complexity index is 1410. The second kappa shape index (κ2) is 10.1. The Kier molecular flexibility index (Phi) is 6.51. The molecule has 1 amide bonds. The van der Waals surface area contributed by atoms with E-state index in [0.717, 1.165) is 36.6 Å². The fraction of sp³-hybridized carbons (Fsp3) is 0.333. The molecule has 1 spiro atoms. The van der Waals surface area contributed by atoms with Crippen molar-refractivity contribution in [3.63, 3.8) is 0 Å². The highest BCUT2D eigenvalue weighted by molar-refractivity contribution is 5.93. The number of benzene rings is 2. The Balaban J connectivity index is 1.08. The maximum atomic E-state index is 11.6. The Morgan fingerprint density at radius 2 is 1.66 bits per heavy atom. The molecule has 8 heteroatoms. The molecule has 2 aromatic carbocycles. The quantitative estimate of drug-likeness (QED) is 0.284. The molecule has 6 rings (SSSR count). The topological polar surface area (TPSA) is 82.9 Å². The van der Waals surface area contributed by atoms with E-state index >= 15 is 0 Å². The molecule has 2 fully saturated rings. The summed E-state index contributed by atoms with van der Waals surface area (Å²) in [5, 5.41) is 10.00. The maximum absolute atomic E-state index is 11.6. The molecule has 0 bridgehead atoms. The first-order valence-electron chi connectivity index (χ1n) is 13.1. The number of hydrogen-bond acceptors (Lipinski definition) is 6. The predicted octanol–water partition coefficient (Wildman–Crippen LogP) is 4.31. The highest BCUT2D eigenvalue weighted by atomic mass is 16.5. The molecule has 2 aromatic heterocycles. The van der Waals surface area contributed by atoms with Crippen LogP contribution in [-0.4, -0.2) is 58.9 Å². The van der Waals surface area contributed by atoms with Gasteiger partial charge in [-0.3, -0.25) is 14.9 Å². The van der Waals surface area contributed by atoms with Gasteiger partial charge in [-0.2, -0.15) is 0 Å². The average Bonchev–Trinajstić information content (AvgIpc) is 3.36. The molecule has 0 atom stereocenters. The summed E-state index contributed by atoms with van der Waals surface area (Å²) in [7, 11) is 1.71. The molecular formula is C30H33N5O3. The van der Waals surface area contributed by atoms with Gasteiger partial charge in [-0.25, -0.2) is 10.5 Å². The number of nitrogens with one attached hydrogen (secondary N) is 1. The van der Waals surface area contributed by atoms with Gasteiger partial charge in [0.1, 0.15) is 11.4 Å². The summed E-state index contributed by atoms with van der Waals surface area (Å²) in [6.45, 7) is 6.14. The SMILES string of the molecule is COc1ccc(CN2CC3(CCN(c4ccnc5c4ccn5Cc4ccc(C(=O)NO)cc4)CC3)C2)cc1. The number of pyridine rings is 1. The van der Waals surface area contributed by atoms with Crippen LogP contribution in [0.1, 0.15) is 34.3 Å². The normalized spacial score (nSPS) is 16.9. The molecule has 0 aliphatic carbocycles. The molecule has 8 nitrogen and oxygen atoms in total. The van der Waals surface area contributed by atoms with E-state index in [1.54, 1.807) is 24.7 Å². The third-order valence-electron chi connectivity index (χ3n) is 8.16. The van der Waals surface area contributed by atoms with Crippen LogP contribution in [0.25, 0.3) is 11.0 Å². The smallest absolute Gasteiger partial charge is 0.274 e. The molecule has 4 aromatic rings. The third-order valence-corrected chi connectivity index (χ3v) is 8.16. The van der Waals surface area contributed by atoms with E-state index in [-0.39, 0.29) is 0 Å². The number of likely N-dealkylation sites (tertiary alicyclic amines) is 1. The van der Waals surface area contributed by atoms with E-state index in [1.165, 1.54) is 42.6 Å². The van der Waals surface area contributed by atoms with Crippen molar-refractivity contribution >= 4 is 22.6 Å². The lowest BCUT2D eigenvalue weighted by atomic mass is 9.71. The van der Waals surface area contributed by atoms with Crippen molar-refractivity contribution in [1.82, 2.24) is 19.9 Å². The molecule has 4 heterocycles. The van der Waals surface area contributed by atoms with Gasteiger partial charge in [0.05, 0.1) is 7.11 Å². The fourth-order valence-electron chi connectivity index (χ4n) is 6.04. The number of amides is 1. The van der Waals surface area contributed by atoms with Crippen LogP contribution in [0, 0.1) is 5.41 Å². The average molecular weight is 512 g/mol. The lowest BCUT2D eigenvalue weighted by Gasteiger charge is -2.54. The first-order valence-corrected chi connectivity index (χ1v) is 13.1. The Morgan fingerprint density at radius 1 is 0.974 bits per heavy atom. The number of aromatic nitrogens is 2. The highest BCUT2D eigenvalue weighted by Gasteiger charge is 2.44. The Morgan fingerprint density at radius 3 is 2.34 bits per heavy atom. The van der Waals surface area contributed by atoms with E-state index in [1.807, 2.05) is 30.5 Å². The van der Waals surface area contributed by atoms with Gasteiger partial charge >= 0.3 is 0 Å². The summed E-state index contributed by atoms with van der Waals surface area (Å²) in [4.78, 5) is 21.4. The second-order valence-electron chi connectivity index (χ2n) is 10.6. The van der Waals surface area contributed by atoms with Crippen LogP contribution in [0.4, 0.5) is 5.69 Å². The minimum Gasteiger partial charge on any atom is -0.497 e. The first-order chi connectivity index (χ1) is 18.6. The zero-order chi connectivity index (χ0) is 26.1. The van der Waals surface area contributed by atoms with Crippen molar-refractivity contribution in [3.8, 4) is 5.75 Å². The molecule has 2 aliphatic rings.